The molecule has 0 aliphatic carbocycles. The number of carbonyl (C=O) groups is 2. The summed E-state index contributed by atoms with van der Waals surface area (Å²) in [7, 11) is -1.94. The highest BCUT2D eigenvalue weighted by molar-refractivity contribution is 7.99. The molecule has 0 spiro atoms. The van der Waals surface area contributed by atoms with E-state index in [1.807, 2.05) is 6.92 Å². The lowest BCUT2D eigenvalue weighted by Gasteiger charge is -2.17. The molecule has 176 valence electrons. The third-order valence-electron chi connectivity index (χ3n) is 5.35. The van der Waals surface area contributed by atoms with Gasteiger partial charge in [0.05, 0.1) is 30.2 Å². The molecule has 0 saturated carbocycles. The van der Waals surface area contributed by atoms with E-state index in [9.17, 15) is 23.1 Å². The summed E-state index contributed by atoms with van der Waals surface area (Å²) in [5.74, 6) is -2.03. The molecule has 8 nitrogen and oxygen atoms in total. The summed E-state index contributed by atoms with van der Waals surface area (Å²) in [5.41, 5.74) is -0.460. The Kier molecular flexibility index (Phi) is 6.28. The van der Waals surface area contributed by atoms with Gasteiger partial charge in [-0.2, -0.15) is 0 Å². The average molecular weight is 500 g/mol. The van der Waals surface area contributed by atoms with E-state index in [-0.39, 0.29) is 21.5 Å². The van der Waals surface area contributed by atoms with Crippen molar-refractivity contribution in [2.75, 3.05) is 20.0 Å². The molecular weight excluding hydrogens is 478 g/mol. The number of fused-ring (bicyclic) bond motifs is 3. The van der Waals surface area contributed by atoms with Gasteiger partial charge in [0, 0.05) is 15.7 Å². The monoisotopic (exact) mass is 499 g/mol. The molecule has 1 heterocycles. The van der Waals surface area contributed by atoms with Crippen molar-refractivity contribution in [3.05, 3.63) is 65.7 Å². The van der Waals surface area contributed by atoms with Gasteiger partial charge in [-0.05, 0) is 24.0 Å². The molecular formula is C24H21NO7S2. The number of aromatic nitrogens is 1. The Bertz CT molecular complexity index is 1540. The van der Waals surface area contributed by atoms with Gasteiger partial charge in [-0.1, -0.05) is 43.3 Å². The van der Waals surface area contributed by atoms with E-state index >= 15 is 0 Å². The Morgan fingerprint density at radius 1 is 0.941 bits per heavy atom. The number of thioether (sulfide) groups is 1. The Hall–Kier alpha value is -3.50. The molecule has 0 saturated heterocycles. The van der Waals surface area contributed by atoms with Crippen LogP contribution in [0.1, 0.15) is 27.6 Å². The number of esters is 2. The lowest BCUT2D eigenvalue weighted by Crippen LogP contribution is -2.16. The standard InChI is InChI=1S/C24H21NO7S2/c1-4-33-22-17-15-12-8-9-13-16(15)25(34(29,30)14-10-6-5-7-11-14)20(17)21(26)18(23(27)31-2)19(22)24(28)32-3/h5-13,26H,4H2,1-3H3. The van der Waals surface area contributed by atoms with E-state index in [1.54, 1.807) is 42.5 Å². The Balaban J connectivity index is 2.33. The molecule has 1 aromatic heterocycles. The fourth-order valence-corrected chi connectivity index (χ4v) is 6.48. The van der Waals surface area contributed by atoms with Crippen LogP contribution in [0.3, 0.4) is 0 Å². The summed E-state index contributed by atoms with van der Waals surface area (Å²) >= 11 is 1.23. The predicted octanol–water partition coefficient (Wildman–Crippen LogP) is 4.42. The number of phenols is 1. The number of nitrogens with zero attached hydrogens (tertiary/aromatic N) is 1. The minimum absolute atomic E-state index is 0.00147. The van der Waals surface area contributed by atoms with E-state index in [1.165, 1.54) is 23.9 Å². The third kappa shape index (κ3) is 3.50. The molecule has 0 unspecified atom stereocenters. The third-order valence-corrected chi connectivity index (χ3v) is 8.06. The second-order valence-corrected chi connectivity index (χ2v) is 10.2. The molecule has 0 amide bonds. The maximum atomic E-state index is 13.8. The molecule has 3 aromatic carbocycles. The first-order valence-electron chi connectivity index (χ1n) is 10.2. The largest absolute Gasteiger partial charge is 0.505 e. The zero-order valence-corrected chi connectivity index (χ0v) is 20.2. The molecule has 0 atom stereocenters. The van der Waals surface area contributed by atoms with Crippen LogP contribution in [0.15, 0.2) is 64.4 Å². The fourth-order valence-electron chi connectivity index (χ4n) is 3.97. The first kappa shape index (κ1) is 23.7. The molecule has 0 radical (unpaired) electrons. The SMILES string of the molecule is CCSc1c(C(=O)OC)c(C(=O)OC)c(O)c2c1c1ccccc1n2S(=O)(=O)c1ccccc1. The summed E-state index contributed by atoms with van der Waals surface area (Å²) in [4.78, 5) is 25.9. The number of carbonyl (C=O) groups excluding carboxylic acids is 2. The highest BCUT2D eigenvalue weighted by Crippen LogP contribution is 2.46. The van der Waals surface area contributed by atoms with Gasteiger partial charge < -0.3 is 14.6 Å². The Labute approximate surface area is 200 Å². The van der Waals surface area contributed by atoms with Gasteiger partial charge in [0.1, 0.15) is 11.1 Å². The number of benzene rings is 3. The van der Waals surface area contributed by atoms with Crippen molar-refractivity contribution in [3.8, 4) is 5.75 Å². The van der Waals surface area contributed by atoms with E-state index in [0.717, 1.165) is 18.2 Å². The predicted molar refractivity (Wildman–Crippen MR) is 129 cm³/mol. The molecule has 4 rings (SSSR count). The normalized spacial score (nSPS) is 11.6. The fraction of sp³-hybridized carbons (Fsp3) is 0.167. The zero-order chi connectivity index (χ0) is 24.6. The van der Waals surface area contributed by atoms with Crippen LogP contribution < -0.4 is 0 Å². The minimum atomic E-state index is -4.21. The van der Waals surface area contributed by atoms with Crippen LogP contribution in [0, 0.1) is 0 Å². The van der Waals surface area contributed by atoms with E-state index in [2.05, 4.69) is 0 Å². The summed E-state index contributed by atoms with van der Waals surface area (Å²) in [5, 5.41) is 12.2. The Morgan fingerprint density at radius 2 is 1.53 bits per heavy atom. The van der Waals surface area contributed by atoms with Gasteiger partial charge in [0.15, 0.2) is 5.75 Å². The number of methoxy groups -OCH3 is 2. The van der Waals surface area contributed by atoms with Crippen molar-refractivity contribution in [1.29, 1.82) is 0 Å². The highest BCUT2D eigenvalue weighted by Gasteiger charge is 2.35. The lowest BCUT2D eigenvalue weighted by atomic mass is 10.0. The maximum Gasteiger partial charge on any atom is 0.342 e. The highest BCUT2D eigenvalue weighted by atomic mass is 32.2. The van der Waals surface area contributed by atoms with Gasteiger partial charge in [-0.3, -0.25) is 0 Å². The summed E-state index contributed by atoms with van der Waals surface area (Å²) in [6.45, 7) is 1.85. The zero-order valence-electron chi connectivity index (χ0n) is 18.6. The van der Waals surface area contributed by atoms with Gasteiger partial charge >= 0.3 is 11.9 Å². The van der Waals surface area contributed by atoms with Crippen molar-refractivity contribution >= 4 is 55.5 Å². The molecule has 1 N–H and O–H groups in total. The number of phenolic OH excluding ortho intramolecular Hbond substituents is 1. The first-order chi connectivity index (χ1) is 16.3. The maximum absolute atomic E-state index is 13.8. The topological polar surface area (TPSA) is 112 Å². The van der Waals surface area contributed by atoms with Crippen LogP contribution in [0.2, 0.25) is 0 Å². The van der Waals surface area contributed by atoms with Gasteiger partial charge in [-0.25, -0.2) is 22.0 Å². The number of para-hydroxylation sites is 1. The number of rotatable bonds is 6. The van der Waals surface area contributed by atoms with E-state index in [4.69, 9.17) is 9.47 Å². The number of aromatic hydroxyl groups is 1. The number of hydrogen-bond acceptors (Lipinski definition) is 8. The molecule has 34 heavy (non-hydrogen) atoms. The summed E-state index contributed by atoms with van der Waals surface area (Å²) < 4.78 is 38.4. The number of hydrogen-bond donors (Lipinski definition) is 1. The first-order valence-corrected chi connectivity index (χ1v) is 12.6. The molecule has 0 aliphatic rings. The van der Waals surface area contributed by atoms with Crippen LogP contribution in [-0.4, -0.2) is 49.4 Å². The van der Waals surface area contributed by atoms with Crippen LogP contribution >= 0.6 is 11.8 Å². The Morgan fingerprint density at radius 3 is 2.15 bits per heavy atom. The summed E-state index contributed by atoms with van der Waals surface area (Å²) in [6, 6.07) is 14.5. The van der Waals surface area contributed by atoms with Crippen molar-refractivity contribution in [1.82, 2.24) is 3.97 Å². The van der Waals surface area contributed by atoms with Crippen LogP contribution in [-0.2, 0) is 19.5 Å². The smallest absolute Gasteiger partial charge is 0.342 e. The molecule has 0 aliphatic heterocycles. The van der Waals surface area contributed by atoms with Gasteiger partial charge in [-0.15, -0.1) is 11.8 Å². The minimum Gasteiger partial charge on any atom is -0.505 e. The van der Waals surface area contributed by atoms with Crippen LogP contribution in [0.4, 0.5) is 0 Å². The van der Waals surface area contributed by atoms with Gasteiger partial charge in [0.25, 0.3) is 10.0 Å². The van der Waals surface area contributed by atoms with Crippen LogP contribution in [0.5, 0.6) is 5.75 Å². The molecule has 0 bridgehead atoms. The van der Waals surface area contributed by atoms with Crippen molar-refractivity contribution in [2.45, 2.75) is 16.7 Å². The van der Waals surface area contributed by atoms with Crippen molar-refractivity contribution < 1.29 is 32.6 Å². The van der Waals surface area contributed by atoms with E-state index < -0.39 is 33.3 Å². The van der Waals surface area contributed by atoms with Crippen molar-refractivity contribution in [2.24, 2.45) is 0 Å². The quantitative estimate of drug-likeness (QED) is 0.306. The lowest BCUT2D eigenvalue weighted by molar-refractivity contribution is 0.0549. The summed E-state index contributed by atoms with van der Waals surface area (Å²) in [6.07, 6.45) is 0. The average Bonchev–Trinajstić information content (AvgIpc) is 3.21. The molecule has 10 heteroatoms. The second-order valence-electron chi connectivity index (χ2n) is 7.17. The molecule has 0 fully saturated rings. The van der Waals surface area contributed by atoms with Gasteiger partial charge in [0.2, 0.25) is 0 Å². The van der Waals surface area contributed by atoms with Crippen LogP contribution in [0.25, 0.3) is 21.8 Å². The second kappa shape index (κ2) is 9.03. The molecule has 4 aromatic rings. The van der Waals surface area contributed by atoms with Crippen molar-refractivity contribution in [3.63, 3.8) is 0 Å². The number of ether oxygens (including phenoxy) is 2. The van der Waals surface area contributed by atoms with E-state index in [0.29, 0.717) is 21.4 Å².